The molecule has 1 N–H and O–H groups in total. The number of aromatic nitrogens is 2. The average Bonchev–Trinajstić information content (AvgIpc) is 3.26. The fraction of sp³-hybridized carbons (Fsp3) is 0.200. The number of allylic oxidation sites excluding steroid dienone is 5. The fourth-order valence-electron chi connectivity index (χ4n) is 3.73. The molecule has 0 radical (unpaired) electrons. The van der Waals surface area contributed by atoms with Crippen molar-refractivity contribution >= 4 is 22.5 Å². The Labute approximate surface area is 184 Å². The third-order valence-corrected chi connectivity index (χ3v) is 5.38. The molecule has 1 saturated heterocycles. The highest BCUT2D eigenvalue weighted by atomic mass is 19.1. The van der Waals surface area contributed by atoms with Crippen LogP contribution in [0.5, 0.6) is 0 Å². The maximum atomic E-state index is 13.9. The van der Waals surface area contributed by atoms with Gasteiger partial charge in [0.15, 0.2) is 0 Å². The maximum Gasteiger partial charge on any atom is 0.254 e. The number of H-pyrrole nitrogens is 1. The number of rotatable bonds is 5. The predicted molar refractivity (Wildman–Crippen MR) is 121 cm³/mol. The molecule has 4 rings (SSSR count). The van der Waals surface area contributed by atoms with Crippen LogP contribution in [0.25, 0.3) is 27.7 Å². The van der Waals surface area contributed by atoms with Gasteiger partial charge in [-0.25, -0.2) is 13.8 Å². The molecule has 5 nitrogen and oxygen atoms in total. The van der Waals surface area contributed by atoms with Gasteiger partial charge in [0, 0.05) is 47.6 Å². The van der Waals surface area contributed by atoms with Gasteiger partial charge >= 0.3 is 0 Å². The molecule has 1 aliphatic rings. The highest BCUT2D eigenvalue weighted by Crippen LogP contribution is 2.29. The van der Waals surface area contributed by atoms with Gasteiger partial charge < -0.3 is 14.6 Å². The first-order valence-electron chi connectivity index (χ1n) is 10.3. The molecule has 0 unspecified atom stereocenters. The summed E-state index contributed by atoms with van der Waals surface area (Å²) < 4.78 is 31.4. The first-order chi connectivity index (χ1) is 15.6. The Hall–Kier alpha value is -3.58. The monoisotopic (exact) mass is 435 g/mol. The maximum absolute atomic E-state index is 13.9. The number of nitrogens with zero attached hydrogens (tertiary/aromatic N) is 2. The molecule has 32 heavy (non-hydrogen) atoms. The molecule has 1 aromatic carbocycles. The van der Waals surface area contributed by atoms with Crippen LogP contribution in [0.1, 0.15) is 22.8 Å². The Balaban J connectivity index is 1.66. The van der Waals surface area contributed by atoms with Crippen molar-refractivity contribution in [2.45, 2.75) is 6.92 Å². The molecule has 0 saturated carbocycles. The summed E-state index contributed by atoms with van der Waals surface area (Å²) in [6, 6.07) is 9.42. The van der Waals surface area contributed by atoms with Gasteiger partial charge in [-0.3, -0.25) is 4.79 Å². The fourth-order valence-corrected chi connectivity index (χ4v) is 3.73. The van der Waals surface area contributed by atoms with Crippen molar-refractivity contribution in [1.82, 2.24) is 14.9 Å². The van der Waals surface area contributed by atoms with Gasteiger partial charge in [-0.05, 0) is 54.5 Å². The summed E-state index contributed by atoms with van der Waals surface area (Å²) in [5, 5.41) is 0.829. The molecule has 1 amide bonds. The highest BCUT2D eigenvalue weighted by Gasteiger charge is 2.19. The lowest BCUT2D eigenvalue weighted by molar-refractivity contribution is 0.0303. The molecule has 2 aromatic heterocycles. The van der Waals surface area contributed by atoms with Gasteiger partial charge in [0.25, 0.3) is 5.91 Å². The second kappa shape index (κ2) is 9.70. The van der Waals surface area contributed by atoms with E-state index in [1.165, 1.54) is 6.08 Å². The van der Waals surface area contributed by atoms with Crippen molar-refractivity contribution in [2.24, 2.45) is 0 Å². The number of pyridine rings is 1. The molecule has 1 aliphatic heterocycles. The van der Waals surface area contributed by atoms with Gasteiger partial charge in [0.2, 0.25) is 0 Å². The Morgan fingerprint density at radius 2 is 2.03 bits per heavy atom. The van der Waals surface area contributed by atoms with Crippen LogP contribution in [0.2, 0.25) is 0 Å². The molecule has 0 atom stereocenters. The van der Waals surface area contributed by atoms with Crippen molar-refractivity contribution in [3.63, 3.8) is 0 Å². The molecule has 1 fully saturated rings. The van der Waals surface area contributed by atoms with Crippen LogP contribution in [-0.2, 0) is 4.74 Å². The normalized spacial score (nSPS) is 15.7. The van der Waals surface area contributed by atoms with Crippen molar-refractivity contribution in [3.05, 3.63) is 84.2 Å². The molecule has 3 aromatic rings. The molecule has 7 heteroatoms. The van der Waals surface area contributed by atoms with Crippen LogP contribution >= 0.6 is 0 Å². The standard InChI is InChI=1S/C25H23F2N3O2/c1-17(12-21(27)6-3-7-26)23-16-29-24-22(23)14-20(15-28-24)18-4-2-5-19(13-18)25(31)30-8-10-32-11-9-30/h2-7,12-16H,8-11H2,1H3,(H,28,29)/b7-3+,17-12+,21-6+. The molecular formula is C25H23F2N3O2. The zero-order valence-electron chi connectivity index (χ0n) is 17.6. The number of hydrogen-bond acceptors (Lipinski definition) is 3. The molecule has 0 bridgehead atoms. The lowest BCUT2D eigenvalue weighted by Crippen LogP contribution is -2.40. The highest BCUT2D eigenvalue weighted by molar-refractivity contribution is 5.96. The molecule has 0 spiro atoms. The van der Waals surface area contributed by atoms with E-state index >= 15 is 0 Å². The van der Waals surface area contributed by atoms with E-state index in [0.29, 0.717) is 43.1 Å². The van der Waals surface area contributed by atoms with Gasteiger partial charge in [-0.1, -0.05) is 12.1 Å². The number of nitrogens with one attached hydrogen (secondary N) is 1. The molecule has 164 valence electrons. The zero-order chi connectivity index (χ0) is 22.5. The summed E-state index contributed by atoms with van der Waals surface area (Å²) in [5.74, 6) is -0.570. The zero-order valence-corrected chi connectivity index (χ0v) is 17.6. The van der Waals surface area contributed by atoms with Crippen molar-refractivity contribution in [1.29, 1.82) is 0 Å². The number of amides is 1. The Kier molecular flexibility index (Phi) is 6.56. The van der Waals surface area contributed by atoms with Crippen LogP contribution in [0, 0.1) is 0 Å². The summed E-state index contributed by atoms with van der Waals surface area (Å²) in [7, 11) is 0. The third kappa shape index (κ3) is 4.68. The van der Waals surface area contributed by atoms with Crippen molar-refractivity contribution < 1.29 is 18.3 Å². The number of carbonyl (C=O) groups is 1. The van der Waals surface area contributed by atoms with E-state index in [-0.39, 0.29) is 12.2 Å². The smallest absolute Gasteiger partial charge is 0.254 e. The Morgan fingerprint density at radius 3 is 2.81 bits per heavy atom. The SMILES string of the molecule is C\C(=C/C(F)=C\C=C\F)c1c[nH]c2ncc(-c3cccc(C(=O)N4CCOCC4)c3)cc12. The number of carbonyl (C=O) groups excluding carboxylic acids is 1. The molecule has 0 aliphatic carbocycles. The minimum absolute atomic E-state index is 0.0186. The summed E-state index contributed by atoms with van der Waals surface area (Å²) >= 11 is 0. The van der Waals surface area contributed by atoms with E-state index in [2.05, 4.69) is 9.97 Å². The lowest BCUT2D eigenvalue weighted by atomic mass is 10.0. The van der Waals surface area contributed by atoms with Gasteiger partial charge in [-0.15, -0.1) is 0 Å². The summed E-state index contributed by atoms with van der Waals surface area (Å²) in [5.41, 5.74) is 4.47. The van der Waals surface area contributed by atoms with Crippen LogP contribution in [0.4, 0.5) is 8.78 Å². The van der Waals surface area contributed by atoms with Crippen LogP contribution in [0.15, 0.2) is 73.1 Å². The number of hydrogen-bond donors (Lipinski definition) is 1. The average molecular weight is 435 g/mol. The van der Waals surface area contributed by atoms with E-state index in [4.69, 9.17) is 4.74 Å². The Morgan fingerprint density at radius 1 is 1.22 bits per heavy atom. The largest absolute Gasteiger partial charge is 0.378 e. The van der Waals surface area contributed by atoms with E-state index in [9.17, 15) is 13.6 Å². The summed E-state index contributed by atoms with van der Waals surface area (Å²) in [6.45, 7) is 4.05. The number of benzene rings is 1. The van der Waals surface area contributed by atoms with Crippen LogP contribution < -0.4 is 0 Å². The molecular weight excluding hydrogens is 412 g/mol. The second-order valence-electron chi connectivity index (χ2n) is 7.51. The topological polar surface area (TPSA) is 58.2 Å². The van der Waals surface area contributed by atoms with E-state index < -0.39 is 5.83 Å². The molecule has 3 heterocycles. The first kappa shape index (κ1) is 21.6. The Bertz CT molecular complexity index is 1220. The lowest BCUT2D eigenvalue weighted by Gasteiger charge is -2.27. The van der Waals surface area contributed by atoms with Crippen molar-refractivity contribution in [2.75, 3.05) is 26.3 Å². The minimum atomic E-state index is -0.552. The number of aromatic amines is 1. The number of morpholine rings is 1. The van der Waals surface area contributed by atoms with Gasteiger partial charge in [0.05, 0.1) is 19.5 Å². The van der Waals surface area contributed by atoms with Crippen molar-refractivity contribution in [3.8, 4) is 11.1 Å². The number of fused-ring (bicyclic) bond motifs is 1. The summed E-state index contributed by atoms with van der Waals surface area (Å²) in [4.78, 5) is 22.2. The summed E-state index contributed by atoms with van der Waals surface area (Å²) in [6.07, 6.45) is 7.19. The van der Waals surface area contributed by atoms with Gasteiger partial charge in [0.1, 0.15) is 11.5 Å². The second-order valence-corrected chi connectivity index (χ2v) is 7.51. The van der Waals surface area contributed by atoms with Gasteiger partial charge in [-0.2, -0.15) is 0 Å². The number of halogens is 2. The van der Waals surface area contributed by atoms with Crippen LogP contribution in [0.3, 0.4) is 0 Å². The quantitative estimate of drug-likeness (QED) is 0.543. The van der Waals surface area contributed by atoms with Crippen LogP contribution in [-0.4, -0.2) is 47.1 Å². The minimum Gasteiger partial charge on any atom is -0.378 e. The van der Waals surface area contributed by atoms with E-state index in [0.717, 1.165) is 34.2 Å². The first-order valence-corrected chi connectivity index (χ1v) is 10.3. The predicted octanol–water partition coefficient (Wildman–Crippen LogP) is 5.44. The third-order valence-electron chi connectivity index (χ3n) is 5.38. The number of ether oxygens (including phenoxy) is 1. The van der Waals surface area contributed by atoms with E-state index in [1.807, 2.05) is 30.3 Å². The van der Waals surface area contributed by atoms with E-state index in [1.54, 1.807) is 24.2 Å².